The molecular weight excluding hydrogens is 180 g/mol. The first-order chi connectivity index (χ1) is 6.50. The summed E-state index contributed by atoms with van der Waals surface area (Å²) in [6.45, 7) is 5.66. The lowest BCUT2D eigenvalue weighted by atomic mass is 10.0. The first-order valence-electron chi connectivity index (χ1n) is 4.81. The summed E-state index contributed by atoms with van der Waals surface area (Å²) in [6.07, 6.45) is -0.0154. The molecule has 1 aromatic heterocycles. The normalized spacial score (nSPS) is 13.2. The standard InChI is InChI=1S/C11H16O3/c1-7(2)6-9-4-5-10(8(3)12)14-11(9)13/h4-5,7-8,12H,6H2,1-3H3. The molecule has 1 unspecified atom stereocenters. The number of aliphatic hydroxyl groups excluding tert-OH is 1. The van der Waals surface area contributed by atoms with E-state index in [2.05, 4.69) is 0 Å². The van der Waals surface area contributed by atoms with Gasteiger partial charge in [-0.2, -0.15) is 0 Å². The van der Waals surface area contributed by atoms with Crippen LogP contribution in [-0.4, -0.2) is 5.11 Å². The van der Waals surface area contributed by atoms with E-state index < -0.39 is 6.10 Å². The Balaban J connectivity index is 2.96. The number of hydrogen-bond donors (Lipinski definition) is 1. The van der Waals surface area contributed by atoms with Gasteiger partial charge in [0.25, 0.3) is 0 Å². The zero-order chi connectivity index (χ0) is 10.7. The highest BCUT2D eigenvalue weighted by atomic mass is 16.4. The first kappa shape index (κ1) is 11.0. The second kappa shape index (κ2) is 4.42. The van der Waals surface area contributed by atoms with Gasteiger partial charge in [-0.3, -0.25) is 0 Å². The van der Waals surface area contributed by atoms with Crippen LogP contribution in [0.1, 0.15) is 38.2 Å². The molecule has 0 aliphatic carbocycles. The van der Waals surface area contributed by atoms with Crippen molar-refractivity contribution in [2.75, 3.05) is 0 Å². The SMILES string of the molecule is CC(C)Cc1ccc(C(C)O)oc1=O. The van der Waals surface area contributed by atoms with Crippen molar-refractivity contribution >= 4 is 0 Å². The fourth-order valence-corrected chi connectivity index (χ4v) is 1.27. The van der Waals surface area contributed by atoms with E-state index in [-0.39, 0.29) is 5.63 Å². The van der Waals surface area contributed by atoms with Crippen LogP contribution in [0.5, 0.6) is 0 Å². The van der Waals surface area contributed by atoms with E-state index in [9.17, 15) is 9.90 Å². The minimum atomic E-state index is -0.726. The van der Waals surface area contributed by atoms with Crippen LogP contribution in [0.4, 0.5) is 0 Å². The van der Waals surface area contributed by atoms with Crippen LogP contribution in [0.15, 0.2) is 21.3 Å². The van der Waals surface area contributed by atoms with Gasteiger partial charge in [0.2, 0.25) is 0 Å². The fraction of sp³-hybridized carbons (Fsp3) is 0.545. The second-order valence-corrected chi connectivity index (χ2v) is 3.92. The molecule has 1 N–H and O–H groups in total. The predicted octanol–water partition coefficient (Wildman–Crippen LogP) is 1.89. The summed E-state index contributed by atoms with van der Waals surface area (Å²) in [4.78, 5) is 11.4. The molecule has 3 heteroatoms. The first-order valence-corrected chi connectivity index (χ1v) is 4.81. The van der Waals surface area contributed by atoms with Gasteiger partial charge in [-0.15, -0.1) is 0 Å². The Hall–Kier alpha value is -1.09. The van der Waals surface area contributed by atoms with Gasteiger partial charge in [-0.25, -0.2) is 4.79 Å². The molecule has 0 aromatic carbocycles. The third-order valence-electron chi connectivity index (χ3n) is 1.96. The van der Waals surface area contributed by atoms with Crippen LogP contribution in [0.3, 0.4) is 0 Å². The van der Waals surface area contributed by atoms with Gasteiger partial charge in [-0.05, 0) is 31.4 Å². The molecule has 0 aliphatic rings. The Bertz CT molecular complexity index is 350. The molecule has 0 aliphatic heterocycles. The fourth-order valence-electron chi connectivity index (χ4n) is 1.27. The molecule has 0 fully saturated rings. The maximum absolute atomic E-state index is 11.4. The Kier molecular flexibility index (Phi) is 3.47. The zero-order valence-corrected chi connectivity index (χ0v) is 8.78. The van der Waals surface area contributed by atoms with Crippen molar-refractivity contribution in [2.45, 2.75) is 33.3 Å². The molecule has 0 saturated carbocycles. The molecule has 0 amide bonds. The summed E-state index contributed by atoms with van der Waals surface area (Å²) in [5, 5.41) is 9.19. The number of hydrogen-bond acceptors (Lipinski definition) is 3. The molecule has 0 radical (unpaired) electrons. The molecule has 1 aromatic rings. The molecule has 0 saturated heterocycles. The maximum Gasteiger partial charge on any atom is 0.339 e. The summed E-state index contributed by atoms with van der Waals surface area (Å²) >= 11 is 0. The van der Waals surface area contributed by atoms with Gasteiger partial charge in [0, 0.05) is 5.56 Å². The Morgan fingerprint density at radius 3 is 2.43 bits per heavy atom. The molecule has 1 atom stereocenters. The van der Waals surface area contributed by atoms with Crippen molar-refractivity contribution in [1.82, 2.24) is 0 Å². The maximum atomic E-state index is 11.4. The average Bonchev–Trinajstić information content (AvgIpc) is 2.07. The molecule has 3 nitrogen and oxygen atoms in total. The lowest BCUT2D eigenvalue weighted by Crippen LogP contribution is -2.11. The highest BCUT2D eigenvalue weighted by molar-refractivity contribution is 5.12. The third kappa shape index (κ3) is 2.70. The van der Waals surface area contributed by atoms with E-state index in [4.69, 9.17) is 4.42 Å². The van der Waals surface area contributed by atoms with Gasteiger partial charge < -0.3 is 9.52 Å². The highest BCUT2D eigenvalue weighted by Gasteiger charge is 2.08. The van der Waals surface area contributed by atoms with Crippen molar-refractivity contribution in [3.63, 3.8) is 0 Å². The zero-order valence-electron chi connectivity index (χ0n) is 8.78. The van der Waals surface area contributed by atoms with Gasteiger partial charge >= 0.3 is 5.63 Å². The summed E-state index contributed by atoms with van der Waals surface area (Å²) in [6, 6.07) is 3.39. The summed E-state index contributed by atoms with van der Waals surface area (Å²) in [7, 11) is 0. The highest BCUT2D eigenvalue weighted by Crippen LogP contribution is 2.11. The van der Waals surface area contributed by atoms with Gasteiger partial charge in [0.1, 0.15) is 11.9 Å². The molecule has 78 valence electrons. The molecular formula is C11H16O3. The molecule has 1 heterocycles. The van der Waals surface area contributed by atoms with E-state index in [1.807, 2.05) is 13.8 Å². The predicted molar refractivity (Wildman–Crippen MR) is 54.2 cm³/mol. The van der Waals surface area contributed by atoms with E-state index in [1.165, 1.54) is 0 Å². The minimum Gasteiger partial charge on any atom is -0.425 e. The van der Waals surface area contributed by atoms with E-state index in [0.29, 0.717) is 23.7 Å². The topological polar surface area (TPSA) is 50.4 Å². The minimum absolute atomic E-state index is 0.322. The monoisotopic (exact) mass is 196 g/mol. The van der Waals surface area contributed by atoms with Crippen LogP contribution < -0.4 is 5.63 Å². The molecule has 1 rings (SSSR count). The lowest BCUT2D eigenvalue weighted by molar-refractivity contribution is 0.163. The van der Waals surface area contributed by atoms with Crippen LogP contribution in [0.2, 0.25) is 0 Å². The van der Waals surface area contributed by atoms with E-state index in [0.717, 1.165) is 0 Å². The van der Waals surface area contributed by atoms with Crippen molar-refractivity contribution in [1.29, 1.82) is 0 Å². The van der Waals surface area contributed by atoms with E-state index >= 15 is 0 Å². The van der Waals surface area contributed by atoms with Crippen LogP contribution in [0.25, 0.3) is 0 Å². The van der Waals surface area contributed by atoms with Gasteiger partial charge in [0.05, 0.1) is 0 Å². The van der Waals surface area contributed by atoms with Crippen LogP contribution in [-0.2, 0) is 6.42 Å². The molecule has 0 bridgehead atoms. The lowest BCUT2D eigenvalue weighted by Gasteiger charge is -2.05. The second-order valence-electron chi connectivity index (χ2n) is 3.92. The Labute approximate surface area is 83.4 Å². The Morgan fingerprint density at radius 1 is 1.36 bits per heavy atom. The molecule has 0 spiro atoms. The van der Waals surface area contributed by atoms with Crippen LogP contribution >= 0.6 is 0 Å². The number of aliphatic hydroxyl groups is 1. The largest absolute Gasteiger partial charge is 0.425 e. The summed E-state index contributed by atoms with van der Waals surface area (Å²) in [5.41, 5.74) is 0.335. The third-order valence-corrected chi connectivity index (χ3v) is 1.96. The van der Waals surface area contributed by atoms with Crippen LogP contribution in [0, 0.1) is 5.92 Å². The van der Waals surface area contributed by atoms with Crippen molar-refractivity contribution in [3.05, 3.63) is 33.9 Å². The average molecular weight is 196 g/mol. The quantitative estimate of drug-likeness (QED) is 0.803. The summed E-state index contributed by atoms with van der Waals surface area (Å²) in [5.74, 6) is 0.748. The Morgan fingerprint density at radius 2 is 2.00 bits per heavy atom. The summed E-state index contributed by atoms with van der Waals surface area (Å²) < 4.78 is 4.97. The van der Waals surface area contributed by atoms with Crippen molar-refractivity contribution in [2.24, 2.45) is 5.92 Å². The van der Waals surface area contributed by atoms with Crippen molar-refractivity contribution in [3.8, 4) is 0 Å². The van der Waals surface area contributed by atoms with Gasteiger partial charge in [0.15, 0.2) is 0 Å². The van der Waals surface area contributed by atoms with Gasteiger partial charge in [-0.1, -0.05) is 13.8 Å². The van der Waals surface area contributed by atoms with Crippen molar-refractivity contribution < 1.29 is 9.52 Å². The molecule has 14 heavy (non-hydrogen) atoms. The number of rotatable bonds is 3. The van der Waals surface area contributed by atoms with E-state index in [1.54, 1.807) is 19.1 Å². The smallest absolute Gasteiger partial charge is 0.339 e.